The number of pyridine rings is 1. The third-order valence-corrected chi connectivity index (χ3v) is 7.11. The van der Waals surface area contributed by atoms with Crippen LogP contribution in [0.1, 0.15) is 43.5 Å². The second-order valence-electron chi connectivity index (χ2n) is 9.53. The van der Waals surface area contributed by atoms with Crippen LogP contribution < -0.4 is 16.0 Å². The van der Waals surface area contributed by atoms with Crippen LogP contribution in [0.2, 0.25) is 0 Å². The van der Waals surface area contributed by atoms with Gasteiger partial charge < -0.3 is 25.8 Å². The molecule has 1 aliphatic rings. The molecule has 0 atom stereocenters. The molecule has 9 heteroatoms. The number of carbonyl (C=O) groups is 1. The third kappa shape index (κ3) is 5.85. The number of anilines is 3. The molecule has 1 aromatic carbocycles. The Bertz CT molecular complexity index is 1320. The maximum atomic E-state index is 12.7. The Morgan fingerprint density at radius 3 is 2.86 bits per heavy atom. The highest BCUT2D eigenvalue weighted by Gasteiger charge is 2.15. The average Bonchev–Trinajstić information content (AvgIpc) is 3.63. The van der Waals surface area contributed by atoms with E-state index in [4.69, 9.17) is 0 Å². The summed E-state index contributed by atoms with van der Waals surface area (Å²) in [4.78, 5) is 27.4. The number of fused-ring (bicyclic) bond motifs is 1. The van der Waals surface area contributed by atoms with E-state index in [0.29, 0.717) is 12.1 Å². The first-order chi connectivity index (χ1) is 17.5. The number of carbonyl (C=O) groups excluding carboxylic acids is 1. The van der Waals surface area contributed by atoms with Crippen molar-refractivity contribution < 1.29 is 4.79 Å². The molecule has 36 heavy (non-hydrogen) atoms. The van der Waals surface area contributed by atoms with Gasteiger partial charge in [0.25, 0.3) is 5.91 Å². The third-order valence-electron chi connectivity index (χ3n) is 6.32. The number of hydrogen-bond acceptors (Lipinski definition) is 7. The lowest BCUT2D eigenvalue weighted by Crippen LogP contribution is -2.28. The summed E-state index contributed by atoms with van der Waals surface area (Å²) in [6.07, 6.45) is 7.16. The zero-order chi connectivity index (χ0) is 24.9. The molecule has 0 spiro atoms. The molecular weight excluding hydrogens is 470 g/mol. The number of thiazole rings is 1. The zero-order valence-corrected chi connectivity index (χ0v) is 21.6. The number of nitrogens with one attached hydrogen (secondary N) is 4. The predicted molar refractivity (Wildman–Crippen MR) is 148 cm³/mol. The van der Waals surface area contributed by atoms with Crippen LogP contribution in [0.3, 0.4) is 0 Å². The number of rotatable bonds is 10. The fourth-order valence-electron chi connectivity index (χ4n) is 4.54. The molecule has 4 aromatic rings. The summed E-state index contributed by atoms with van der Waals surface area (Å²) < 4.78 is 1.13. The number of aromatic nitrogens is 3. The average molecular weight is 504 g/mol. The van der Waals surface area contributed by atoms with Crippen molar-refractivity contribution in [1.29, 1.82) is 0 Å². The van der Waals surface area contributed by atoms with E-state index >= 15 is 0 Å². The van der Waals surface area contributed by atoms with Crippen LogP contribution in [0.4, 0.5) is 17.2 Å². The molecule has 0 radical (unpaired) electrons. The lowest BCUT2D eigenvalue weighted by atomic mass is 10.1. The molecule has 4 heterocycles. The van der Waals surface area contributed by atoms with Crippen molar-refractivity contribution in [2.45, 2.75) is 39.2 Å². The van der Waals surface area contributed by atoms with E-state index in [1.807, 2.05) is 36.0 Å². The quantitative estimate of drug-likeness (QED) is 0.214. The SMILES string of the molecule is CC(C)Nc1cc(Nc2ccc3ncsc3c2)ncc1-c1cc(C(=O)NCCCN2CCCC2)c[nH]1. The van der Waals surface area contributed by atoms with Crippen LogP contribution in [0, 0.1) is 0 Å². The number of amides is 1. The van der Waals surface area contributed by atoms with Gasteiger partial charge in [-0.25, -0.2) is 9.97 Å². The Kier molecular flexibility index (Phi) is 7.48. The van der Waals surface area contributed by atoms with Gasteiger partial charge in [0.05, 0.1) is 21.3 Å². The van der Waals surface area contributed by atoms with Gasteiger partial charge in [-0.05, 0) is 77.0 Å². The van der Waals surface area contributed by atoms with Crippen molar-refractivity contribution in [2.24, 2.45) is 0 Å². The van der Waals surface area contributed by atoms with Gasteiger partial charge in [0.2, 0.25) is 0 Å². The van der Waals surface area contributed by atoms with Crippen molar-refractivity contribution in [2.75, 3.05) is 36.8 Å². The molecule has 0 saturated carbocycles. The second-order valence-corrected chi connectivity index (χ2v) is 10.4. The lowest BCUT2D eigenvalue weighted by molar-refractivity contribution is 0.0952. The highest BCUT2D eigenvalue weighted by molar-refractivity contribution is 7.16. The molecule has 8 nitrogen and oxygen atoms in total. The molecule has 5 rings (SSSR count). The van der Waals surface area contributed by atoms with E-state index in [1.54, 1.807) is 17.5 Å². The van der Waals surface area contributed by atoms with Gasteiger partial charge >= 0.3 is 0 Å². The van der Waals surface area contributed by atoms with Crippen LogP contribution in [0.25, 0.3) is 21.5 Å². The zero-order valence-electron chi connectivity index (χ0n) is 20.8. The molecule has 188 valence electrons. The number of benzene rings is 1. The monoisotopic (exact) mass is 503 g/mol. The smallest absolute Gasteiger partial charge is 0.252 e. The van der Waals surface area contributed by atoms with E-state index in [2.05, 4.69) is 55.7 Å². The Balaban J connectivity index is 1.27. The minimum absolute atomic E-state index is 0.0537. The number of likely N-dealkylation sites (tertiary alicyclic amines) is 1. The Hall–Kier alpha value is -3.43. The van der Waals surface area contributed by atoms with Crippen molar-refractivity contribution in [3.63, 3.8) is 0 Å². The molecular formula is C27H33N7OS. The first kappa shape index (κ1) is 24.3. The van der Waals surface area contributed by atoms with Gasteiger partial charge in [-0.1, -0.05) is 0 Å². The standard InChI is InChI=1S/C27H33N7OS/c1-18(2)32-24-14-26(33-20-6-7-22-25(13-20)36-17-31-22)30-16-21(24)23-12-19(15-29-23)27(35)28-8-5-11-34-9-3-4-10-34/h6-7,12-18,29H,3-5,8-11H2,1-2H3,(H,28,35)(H2,30,32,33). The van der Waals surface area contributed by atoms with Crippen LogP contribution in [-0.2, 0) is 0 Å². The summed E-state index contributed by atoms with van der Waals surface area (Å²) in [5.41, 5.74) is 7.15. The molecule has 1 aliphatic heterocycles. The summed E-state index contributed by atoms with van der Waals surface area (Å²) >= 11 is 1.62. The molecule has 3 aromatic heterocycles. The molecule has 1 saturated heterocycles. The maximum Gasteiger partial charge on any atom is 0.252 e. The van der Waals surface area contributed by atoms with Crippen molar-refractivity contribution in [3.8, 4) is 11.3 Å². The van der Waals surface area contributed by atoms with E-state index in [-0.39, 0.29) is 11.9 Å². The molecule has 4 N–H and O–H groups in total. The number of H-pyrrole nitrogens is 1. The van der Waals surface area contributed by atoms with Crippen LogP contribution in [0.15, 0.2) is 48.2 Å². The Morgan fingerprint density at radius 1 is 1.17 bits per heavy atom. The van der Waals surface area contributed by atoms with E-state index < -0.39 is 0 Å². The van der Waals surface area contributed by atoms with Crippen molar-refractivity contribution >= 4 is 44.7 Å². The highest BCUT2D eigenvalue weighted by atomic mass is 32.1. The summed E-state index contributed by atoms with van der Waals surface area (Å²) in [5.74, 6) is 0.690. The Labute approximate surface area is 215 Å². The minimum atomic E-state index is -0.0537. The van der Waals surface area contributed by atoms with Gasteiger partial charge in [0.1, 0.15) is 5.82 Å². The number of aromatic amines is 1. The molecule has 1 fully saturated rings. The van der Waals surface area contributed by atoms with E-state index in [9.17, 15) is 4.79 Å². The molecule has 0 unspecified atom stereocenters. The van der Waals surface area contributed by atoms with Gasteiger partial charge in [-0.3, -0.25) is 4.79 Å². The van der Waals surface area contributed by atoms with Gasteiger partial charge in [-0.2, -0.15) is 0 Å². The van der Waals surface area contributed by atoms with Crippen LogP contribution in [-0.4, -0.2) is 58.0 Å². The fourth-order valence-corrected chi connectivity index (χ4v) is 5.26. The topological polar surface area (TPSA) is 98.0 Å². The first-order valence-electron chi connectivity index (χ1n) is 12.6. The summed E-state index contributed by atoms with van der Waals surface area (Å²) in [6.45, 7) is 8.31. The van der Waals surface area contributed by atoms with Gasteiger partial charge in [0, 0.05) is 53.7 Å². The summed E-state index contributed by atoms with van der Waals surface area (Å²) in [6, 6.07) is 10.2. The van der Waals surface area contributed by atoms with E-state index in [1.165, 1.54) is 25.9 Å². The summed E-state index contributed by atoms with van der Waals surface area (Å²) in [5, 5.41) is 9.97. The largest absolute Gasteiger partial charge is 0.382 e. The fraction of sp³-hybridized carbons (Fsp3) is 0.370. The molecule has 0 bridgehead atoms. The summed E-state index contributed by atoms with van der Waals surface area (Å²) in [7, 11) is 0. The van der Waals surface area contributed by atoms with Crippen molar-refractivity contribution in [1.82, 2.24) is 25.2 Å². The number of nitrogens with zero attached hydrogens (tertiary/aromatic N) is 3. The molecule has 0 aliphatic carbocycles. The minimum Gasteiger partial charge on any atom is -0.382 e. The second kappa shape index (κ2) is 11.1. The van der Waals surface area contributed by atoms with Crippen LogP contribution >= 0.6 is 11.3 Å². The highest BCUT2D eigenvalue weighted by Crippen LogP contribution is 2.31. The Morgan fingerprint density at radius 2 is 2.03 bits per heavy atom. The van der Waals surface area contributed by atoms with Crippen LogP contribution in [0.5, 0.6) is 0 Å². The maximum absolute atomic E-state index is 12.7. The number of hydrogen-bond donors (Lipinski definition) is 4. The van der Waals surface area contributed by atoms with E-state index in [0.717, 1.165) is 51.6 Å². The normalized spacial score (nSPS) is 14.0. The van der Waals surface area contributed by atoms with Gasteiger partial charge in [-0.15, -0.1) is 11.3 Å². The van der Waals surface area contributed by atoms with Gasteiger partial charge in [0.15, 0.2) is 0 Å². The van der Waals surface area contributed by atoms with Crippen molar-refractivity contribution in [3.05, 3.63) is 53.8 Å². The first-order valence-corrected chi connectivity index (χ1v) is 13.5. The lowest BCUT2D eigenvalue weighted by Gasteiger charge is -2.16. The molecule has 1 amide bonds. The predicted octanol–water partition coefficient (Wildman–Crippen LogP) is 5.47.